The fraction of sp³-hybridized carbons (Fsp3) is 0.312. The van der Waals surface area contributed by atoms with Crippen LogP contribution in [0.4, 0.5) is 5.69 Å². The summed E-state index contributed by atoms with van der Waals surface area (Å²) in [6, 6.07) is 9.51. The number of ether oxygens (including phenoxy) is 2. The van der Waals surface area contributed by atoms with Crippen molar-refractivity contribution in [3.8, 4) is 16.2 Å². The Morgan fingerprint density at radius 2 is 2.05 bits per heavy atom. The van der Waals surface area contributed by atoms with Gasteiger partial charge in [-0.3, -0.25) is 0 Å². The van der Waals surface area contributed by atoms with E-state index in [1.807, 2.05) is 38.1 Å². The van der Waals surface area contributed by atoms with Crippen molar-refractivity contribution in [2.45, 2.75) is 20.3 Å². The summed E-state index contributed by atoms with van der Waals surface area (Å²) in [6.45, 7) is 4.88. The second-order valence-corrected chi connectivity index (χ2v) is 5.51. The maximum atomic E-state index is 12.0. The first kappa shape index (κ1) is 15.4. The molecule has 1 aromatic heterocycles. The van der Waals surface area contributed by atoms with Crippen molar-refractivity contribution in [1.82, 2.24) is 0 Å². The molecule has 0 aliphatic carbocycles. The zero-order valence-electron chi connectivity index (χ0n) is 12.2. The van der Waals surface area contributed by atoms with Gasteiger partial charge in [-0.25, -0.2) is 4.79 Å². The number of anilines is 1. The van der Waals surface area contributed by atoms with Crippen molar-refractivity contribution in [1.29, 1.82) is 0 Å². The standard InChI is InChI=1S/C16H19NO3S/c1-3-9-20-16(18)15-12(17)10-14(21-15)11-7-5-6-8-13(11)19-4-2/h5-8,10H,3-4,9,17H2,1-2H3. The van der Waals surface area contributed by atoms with Gasteiger partial charge < -0.3 is 15.2 Å². The molecule has 0 bridgehead atoms. The smallest absolute Gasteiger partial charge is 0.350 e. The molecule has 5 heteroatoms. The van der Waals surface area contributed by atoms with E-state index < -0.39 is 0 Å². The quantitative estimate of drug-likeness (QED) is 0.820. The number of thiophene rings is 1. The maximum Gasteiger partial charge on any atom is 0.350 e. The lowest BCUT2D eigenvalue weighted by atomic mass is 10.1. The summed E-state index contributed by atoms with van der Waals surface area (Å²) < 4.78 is 10.8. The number of nitrogens with two attached hydrogens (primary N) is 1. The Morgan fingerprint density at radius 1 is 1.29 bits per heavy atom. The van der Waals surface area contributed by atoms with Gasteiger partial charge in [0, 0.05) is 10.4 Å². The number of rotatable bonds is 6. The van der Waals surface area contributed by atoms with Gasteiger partial charge in [0.05, 0.1) is 18.9 Å². The Balaban J connectivity index is 2.32. The monoisotopic (exact) mass is 305 g/mol. The first-order valence-electron chi connectivity index (χ1n) is 6.96. The summed E-state index contributed by atoms with van der Waals surface area (Å²) >= 11 is 1.33. The minimum Gasteiger partial charge on any atom is -0.493 e. The molecule has 0 fully saturated rings. The van der Waals surface area contributed by atoms with Gasteiger partial charge in [0.15, 0.2) is 0 Å². The number of hydrogen-bond donors (Lipinski definition) is 1. The van der Waals surface area contributed by atoms with E-state index in [0.29, 0.717) is 23.8 Å². The first-order chi connectivity index (χ1) is 10.2. The highest BCUT2D eigenvalue weighted by molar-refractivity contribution is 7.18. The van der Waals surface area contributed by atoms with Crippen LogP contribution >= 0.6 is 11.3 Å². The highest BCUT2D eigenvalue weighted by Crippen LogP contribution is 2.38. The Labute approximate surface area is 128 Å². The largest absolute Gasteiger partial charge is 0.493 e. The number of para-hydroxylation sites is 1. The number of hydrogen-bond acceptors (Lipinski definition) is 5. The highest BCUT2D eigenvalue weighted by Gasteiger charge is 2.18. The van der Waals surface area contributed by atoms with Crippen molar-refractivity contribution < 1.29 is 14.3 Å². The van der Waals surface area contributed by atoms with Crippen LogP contribution in [0, 0.1) is 0 Å². The number of esters is 1. The second kappa shape index (κ2) is 7.13. The van der Waals surface area contributed by atoms with Gasteiger partial charge in [-0.2, -0.15) is 0 Å². The number of benzene rings is 1. The number of carbonyl (C=O) groups is 1. The maximum absolute atomic E-state index is 12.0. The molecule has 0 unspecified atom stereocenters. The van der Waals surface area contributed by atoms with Crippen LogP contribution in [0.15, 0.2) is 30.3 Å². The van der Waals surface area contributed by atoms with Crippen molar-refractivity contribution in [2.75, 3.05) is 18.9 Å². The molecule has 0 spiro atoms. The third-order valence-corrected chi connectivity index (χ3v) is 4.00. The van der Waals surface area contributed by atoms with Crippen LogP contribution < -0.4 is 10.5 Å². The Kier molecular flexibility index (Phi) is 5.22. The molecule has 2 N–H and O–H groups in total. The Bertz CT molecular complexity index is 622. The molecule has 0 radical (unpaired) electrons. The summed E-state index contributed by atoms with van der Waals surface area (Å²) in [5, 5.41) is 0. The minimum absolute atomic E-state index is 0.362. The van der Waals surface area contributed by atoms with Crippen molar-refractivity contribution >= 4 is 23.0 Å². The molecule has 2 aromatic rings. The van der Waals surface area contributed by atoms with Crippen molar-refractivity contribution in [3.63, 3.8) is 0 Å². The van der Waals surface area contributed by atoms with Crippen LogP contribution in [-0.4, -0.2) is 19.2 Å². The van der Waals surface area contributed by atoms with Crippen LogP contribution in [0.3, 0.4) is 0 Å². The van der Waals surface area contributed by atoms with E-state index >= 15 is 0 Å². The molecule has 112 valence electrons. The molecular weight excluding hydrogens is 286 g/mol. The molecule has 0 aliphatic heterocycles. The van der Waals surface area contributed by atoms with Crippen LogP contribution in [0.2, 0.25) is 0 Å². The fourth-order valence-corrected chi connectivity index (χ4v) is 2.91. The SMILES string of the molecule is CCCOC(=O)c1sc(-c2ccccc2OCC)cc1N. The number of carbonyl (C=O) groups excluding carboxylic acids is 1. The van der Waals surface area contributed by atoms with Crippen molar-refractivity contribution in [3.05, 3.63) is 35.2 Å². The van der Waals surface area contributed by atoms with Gasteiger partial charge in [0.25, 0.3) is 0 Å². The molecule has 0 atom stereocenters. The molecule has 0 amide bonds. The zero-order chi connectivity index (χ0) is 15.2. The fourth-order valence-electron chi connectivity index (χ4n) is 1.91. The summed E-state index contributed by atoms with van der Waals surface area (Å²) in [7, 11) is 0. The second-order valence-electron chi connectivity index (χ2n) is 4.46. The van der Waals surface area contributed by atoms with Crippen molar-refractivity contribution in [2.24, 2.45) is 0 Å². The molecule has 0 saturated heterocycles. The van der Waals surface area contributed by atoms with E-state index in [2.05, 4.69) is 0 Å². The molecule has 1 heterocycles. The third kappa shape index (κ3) is 3.55. The van der Waals surface area contributed by atoms with E-state index in [1.165, 1.54) is 11.3 Å². The van der Waals surface area contributed by atoms with Crippen LogP contribution in [-0.2, 0) is 4.74 Å². The predicted molar refractivity (Wildman–Crippen MR) is 85.9 cm³/mol. The molecule has 1 aromatic carbocycles. The number of nitrogen functional groups attached to an aromatic ring is 1. The van der Waals surface area contributed by atoms with Gasteiger partial charge in [-0.05, 0) is 31.5 Å². The lowest BCUT2D eigenvalue weighted by molar-refractivity contribution is 0.0512. The molecule has 4 nitrogen and oxygen atoms in total. The summed E-state index contributed by atoms with van der Waals surface area (Å²) in [4.78, 5) is 13.3. The van der Waals surface area contributed by atoms with E-state index in [9.17, 15) is 4.79 Å². The molecular formula is C16H19NO3S. The van der Waals surface area contributed by atoms with Crippen LogP contribution in [0.25, 0.3) is 10.4 Å². The van der Waals surface area contributed by atoms with Gasteiger partial charge in [-0.15, -0.1) is 11.3 Å². The summed E-state index contributed by atoms with van der Waals surface area (Å²) in [5.74, 6) is 0.425. The lowest BCUT2D eigenvalue weighted by Gasteiger charge is -2.07. The topological polar surface area (TPSA) is 61.5 Å². The summed E-state index contributed by atoms with van der Waals surface area (Å²) in [6.07, 6.45) is 0.789. The molecule has 21 heavy (non-hydrogen) atoms. The summed E-state index contributed by atoms with van der Waals surface area (Å²) in [5.41, 5.74) is 7.33. The van der Waals surface area contributed by atoms with Crippen LogP contribution in [0.5, 0.6) is 5.75 Å². The average Bonchev–Trinajstić information content (AvgIpc) is 2.87. The Morgan fingerprint density at radius 3 is 2.76 bits per heavy atom. The highest BCUT2D eigenvalue weighted by atomic mass is 32.1. The Hall–Kier alpha value is -2.01. The van der Waals surface area contributed by atoms with Gasteiger partial charge in [0.2, 0.25) is 0 Å². The zero-order valence-corrected chi connectivity index (χ0v) is 13.0. The molecule has 0 saturated carbocycles. The minimum atomic E-state index is -0.362. The normalized spacial score (nSPS) is 10.4. The van der Waals surface area contributed by atoms with E-state index in [1.54, 1.807) is 6.07 Å². The van der Waals surface area contributed by atoms with Gasteiger partial charge >= 0.3 is 5.97 Å². The van der Waals surface area contributed by atoms with Gasteiger partial charge in [0.1, 0.15) is 10.6 Å². The van der Waals surface area contributed by atoms with Gasteiger partial charge in [-0.1, -0.05) is 19.1 Å². The molecule has 2 rings (SSSR count). The molecule has 0 aliphatic rings. The lowest BCUT2D eigenvalue weighted by Crippen LogP contribution is -2.05. The third-order valence-electron chi connectivity index (χ3n) is 2.84. The van der Waals surface area contributed by atoms with E-state index in [0.717, 1.165) is 22.6 Å². The van der Waals surface area contributed by atoms with E-state index in [-0.39, 0.29) is 5.97 Å². The van der Waals surface area contributed by atoms with Crippen LogP contribution in [0.1, 0.15) is 29.9 Å². The van der Waals surface area contributed by atoms with E-state index in [4.69, 9.17) is 15.2 Å². The predicted octanol–water partition coefficient (Wildman–Crippen LogP) is 3.96. The first-order valence-corrected chi connectivity index (χ1v) is 7.77. The average molecular weight is 305 g/mol.